The van der Waals surface area contributed by atoms with Crippen LogP contribution in [0.15, 0.2) is 12.1 Å². The Bertz CT molecular complexity index is 593. The second-order valence-corrected chi connectivity index (χ2v) is 5.54. The summed E-state index contributed by atoms with van der Waals surface area (Å²) in [7, 11) is 1.62. The molecule has 0 radical (unpaired) electrons. The number of carbonyl (C=O) groups excluding carboxylic acids is 2. The van der Waals surface area contributed by atoms with Crippen LogP contribution in [0.25, 0.3) is 0 Å². The maximum Gasteiger partial charge on any atom is 0.409 e. The fourth-order valence-corrected chi connectivity index (χ4v) is 2.73. The predicted octanol–water partition coefficient (Wildman–Crippen LogP) is 2.23. The minimum absolute atomic E-state index is 0.00300. The van der Waals surface area contributed by atoms with E-state index < -0.39 is 0 Å². The topological polar surface area (TPSA) is 59.1 Å². The normalized spacial score (nSPS) is 14.6. The van der Waals surface area contributed by atoms with Crippen molar-refractivity contribution in [2.24, 2.45) is 0 Å². The van der Waals surface area contributed by atoms with Crippen LogP contribution in [0, 0.1) is 13.8 Å². The van der Waals surface area contributed by atoms with Gasteiger partial charge in [0.15, 0.2) is 0 Å². The number of methoxy groups -OCH3 is 1. The van der Waals surface area contributed by atoms with Crippen LogP contribution in [-0.2, 0) is 4.74 Å². The van der Waals surface area contributed by atoms with E-state index in [2.05, 4.69) is 0 Å². The number of rotatable bonds is 3. The molecule has 23 heavy (non-hydrogen) atoms. The number of ether oxygens (including phenoxy) is 2. The zero-order chi connectivity index (χ0) is 17.0. The molecule has 2 amide bonds. The van der Waals surface area contributed by atoms with Crippen LogP contribution in [-0.4, -0.2) is 61.7 Å². The van der Waals surface area contributed by atoms with E-state index >= 15 is 0 Å². The Morgan fingerprint density at radius 1 is 1.04 bits per heavy atom. The Balaban J connectivity index is 2.06. The molecule has 0 aromatic heterocycles. The molecule has 0 unspecified atom stereocenters. The molecule has 0 N–H and O–H groups in total. The van der Waals surface area contributed by atoms with Gasteiger partial charge in [-0.25, -0.2) is 4.79 Å². The Morgan fingerprint density at radius 2 is 1.65 bits per heavy atom. The molecule has 0 saturated carbocycles. The van der Waals surface area contributed by atoms with Gasteiger partial charge in [-0.1, -0.05) is 0 Å². The minimum atomic E-state index is -0.309. The number of hydrogen-bond donors (Lipinski definition) is 0. The van der Waals surface area contributed by atoms with Crippen LogP contribution >= 0.6 is 0 Å². The van der Waals surface area contributed by atoms with Crippen LogP contribution in [0.5, 0.6) is 5.75 Å². The fourth-order valence-electron chi connectivity index (χ4n) is 2.73. The predicted molar refractivity (Wildman–Crippen MR) is 87.0 cm³/mol. The van der Waals surface area contributed by atoms with Gasteiger partial charge in [0.25, 0.3) is 5.91 Å². The van der Waals surface area contributed by atoms with E-state index in [1.165, 1.54) is 0 Å². The quantitative estimate of drug-likeness (QED) is 0.857. The van der Waals surface area contributed by atoms with E-state index in [1.54, 1.807) is 29.9 Å². The molecule has 1 fully saturated rings. The summed E-state index contributed by atoms with van der Waals surface area (Å²) in [5, 5.41) is 0. The molecule has 126 valence electrons. The van der Waals surface area contributed by atoms with Crippen molar-refractivity contribution in [3.63, 3.8) is 0 Å². The van der Waals surface area contributed by atoms with Crippen LogP contribution in [0.2, 0.25) is 0 Å². The number of amides is 2. The van der Waals surface area contributed by atoms with Crippen molar-refractivity contribution >= 4 is 12.0 Å². The second kappa shape index (κ2) is 7.35. The van der Waals surface area contributed by atoms with Crippen molar-refractivity contribution in [2.45, 2.75) is 20.8 Å². The second-order valence-electron chi connectivity index (χ2n) is 5.54. The van der Waals surface area contributed by atoms with Gasteiger partial charge >= 0.3 is 6.09 Å². The van der Waals surface area contributed by atoms with Crippen LogP contribution in [0.1, 0.15) is 28.4 Å². The largest absolute Gasteiger partial charge is 0.496 e. The Morgan fingerprint density at radius 3 is 2.22 bits per heavy atom. The Labute approximate surface area is 137 Å². The first kappa shape index (κ1) is 17.1. The molecular formula is C17H24N2O4. The lowest BCUT2D eigenvalue weighted by atomic mass is 10.0. The SMILES string of the molecule is CCOC(=O)N1CCN(C(=O)c2ccc(OC)c(C)c2C)CC1. The van der Waals surface area contributed by atoms with Crippen LogP contribution in [0.4, 0.5) is 4.79 Å². The third kappa shape index (κ3) is 3.57. The first-order chi connectivity index (χ1) is 11.0. The summed E-state index contributed by atoms with van der Waals surface area (Å²) in [6.45, 7) is 8.06. The first-order valence-electron chi connectivity index (χ1n) is 7.84. The summed E-state index contributed by atoms with van der Waals surface area (Å²) >= 11 is 0. The molecule has 0 atom stereocenters. The maximum atomic E-state index is 12.7. The van der Waals surface area contributed by atoms with Crippen molar-refractivity contribution in [3.05, 3.63) is 28.8 Å². The average Bonchev–Trinajstić information content (AvgIpc) is 2.57. The molecule has 1 heterocycles. The lowest BCUT2D eigenvalue weighted by Crippen LogP contribution is -2.50. The molecule has 1 aromatic rings. The summed E-state index contributed by atoms with van der Waals surface area (Å²) in [4.78, 5) is 27.8. The highest BCUT2D eigenvalue weighted by molar-refractivity contribution is 5.96. The number of benzene rings is 1. The number of nitrogens with zero attached hydrogens (tertiary/aromatic N) is 2. The van der Waals surface area contributed by atoms with Gasteiger partial charge in [-0.2, -0.15) is 0 Å². The molecule has 1 aliphatic rings. The third-order valence-electron chi connectivity index (χ3n) is 4.28. The lowest BCUT2D eigenvalue weighted by molar-refractivity contribution is 0.0569. The molecule has 1 saturated heterocycles. The molecule has 0 aliphatic carbocycles. The summed E-state index contributed by atoms with van der Waals surface area (Å²) in [5.74, 6) is 0.781. The monoisotopic (exact) mass is 320 g/mol. The highest BCUT2D eigenvalue weighted by atomic mass is 16.6. The summed E-state index contributed by atoms with van der Waals surface area (Å²) in [6.07, 6.45) is -0.309. The molecular weight excluding hydrogens is 296 g/mol. The van der Waals surface area contributed by atoms with Gasteiger partial charge in [0.05, 0.1) is 13.7 Å². The van der Waals surface area contributed by atoms with Gasteiger partial charge in [-0.15, -0.1) is 0 Å². The van der Waals surface area contributed by atoms with Crippen molar-refractivity contribution in [1.29, 1.82) is 0 Å². The molecule has 0 spiro atoms. The van der Waals surface area contributed by atoms with Gasteiger partial charge in [0.2, 0.25) is 0 Å². The summed E-state index contributed by atoms with van der Waals surface area (Å²) in [6, 6.07) is 3.63. The van der Waals surface area contributed by atoms with E-state index in [9.17, 15) is 9.59 Å². The molecule has 1 aromatic carbocycles. The zero-order valence-electron chi connectivity index (χ0n) is 14.2. The zero-order valence-corrected chi connectivity index (χ0v) is 14.2. The van der Waals surface area contributed by atoms with Gasteiger partial charge < -0.3 is 19.3 Å². The van der Waals surface area contributed by atoms with Crippen molar-refractivity contribution in [2.75, 3.05) is 39.9 Å². The van der Waals surface area contributed by atoms with Gasteiger partial charge in [0, 0.05) is 31.7 Å². The van der Waals surface area contributed by atoms with Crippen molar-refractivity contribution in [1.82, 2.24) is 9.80 Å². The molecule has 2 rings (SSSR count). The minimum Gasteiger partial charge on any atom is -0.496 e. The highest BCUT2D eigenvalue weighted by Gasteiger charge is 2.26. The highest BCUT2D eigenvalue weighted by Crippen LogP contribution is 2.25. The number of hydrogen-bond acceptors (Lipinski definition) is 4. The van der Waals surface area contributed by atoms with E-state index in [-0.39, 0.29) is 12.0 Å². The third-order valence-corrected chi connectivity index (χ3v) is 4.28. The van der Waals surface area contributed by atoms with E-state index in [0.717, 1.165) is 16.9 Å². The molecule has 1 aliphatic heterocycles. The van der Waals surface area contributed by atoms with Gasteiger partial charge in [-0.05, 0) is 44.0 Å². The number of piperazine rings is 1. The van der Waals surface area contributed by atoms with Crippen LogP contribution in [0.3, 0.4) is 0 Å². The maximum absolute atomic E-state index is 12.7. The smallest absolute Gasteiger partial charge is 0.409 e. The lowest BCUT2D eigenvalue weighted by Gasteiger charge is -2.34. The Hall–Kier alpha value is -2.24. The summed E-state index contributed by atoms with van der Waals surface area (Å²) < 4.78 is 10.3. The van der Waals surface area contributed by atoms with E-state index in [0.29, 0.717) is 38.3 Å². The van der Waals surface area contributed by atoms with Gasteiger partial charge in [0.1, 0.15) is 5.75 Å². The summed E-state index contributed by atoms with van der Waals surface area (Å²) in [5.41, 5.74) is 2.60. The van der Waals surface area contributed by atoms with Crippen LogP contribution < -0.4 is 4.74 Å². The van der Waals surface area contributed by atoms with E-state index in [1.807, 2.05) is 19.9 Å². The van der Waals surface area contributed by atoms with Crippen molar-refractivity contribution in [3.8, 4) is 5.75 Å². The number of carbonyl (C=O) groups is 2. The Kier molecular flexibility index (Phi) is 5.47. The average molecular weight is 320 g/mol. The molecule has 6 heteroatoms. The van der Waals surface area contributed by atoms with E-state index in [4.69, 9.17) is 9.47 Å². The van der Waals surface area contributed by atoms with Crippen molar-refractivity contribution < 1.29 is 19.1 Å². The first-order valence-corrected chi connectivity index (χ1v) is 7.84. The molecule has 6 nitrogen and oxygen atoms in total. The molecule has 0 bridgehead atoms. The fraction of sp³-hybridized carbons (Fsp3) is 0.529. The van der Waals surface area contributed by atoms with Gasteiger partial charge in [-0.3, -0.25) is 4.79 Å². The standard InChI is InChI=1S/C17H24N2O4/c1-5-23-17(21)19-10-8-18(9-11-19)16(20)14-6-7-15(22-4)13(3)12(14)2/h6-7H,5,8-11H2,1-4H3.